The normalized spacial score (nSPS) is 11.7. The number of phenols is 1. The number of methoxy groups -OCH3 is 1. The first-order valence-electron chi connectivity index (χ1n) is 19.8. The molecule has 6 amide bonds. The molecule has 5 rings (SSSR count). The summed E-state index contributed by atoms with van der Waals surface area (Å²) in [4.78, 5) is 90.2. The van der Waals surface area contributed by atoms with Gasteiger partial charge in [0.25, 0.3) is 23.6 Å². The van der Waals surface area contributed by atoms with Gasteiger partial charge in [0.1, 0.15) is 11.8 Å². The molecule has 0 unspecified atom stereocenters. The first-order valence-corrected chi connectivity index (χ1v) is 19.8. The number of aromatic carboxylic acids is 1. The standard InChI is InChI=1S/C46H47N7O12/c1-23(2)64-35-22-28(46(61)62)12-20-33(35)51-44(59)32-19-21-34(38(37(32)54)65-24(3)4)52-42(57)26-8-17-31(18-9-26)50-45(60)36(39(63-5)40(48)55)53-43(58)27-10-15-30(16-11-27)49-41(56)25-6-13-29(47)14-7-25/h6-24,36,39,54H,47H2,1-5H3,(H2,48,55)(H,49,56)(H,50,60)(H,51,59)(H,52,57)(H,53,58)(H,61,62)/t36-,39+/m0/s1. The van der Waals surface area contributed by atoms with Crippen LogP contribution in [-0.2, 0) is 14.3 Å². The Hall–Kier alpha value is -8.45. The number of hydrogen-bond donors (Lipinski definition) is 9. The van der Waals surface area contributed by atoms with Gasteiger partial charge in [-0.05, 0) is 131 Å². The molecule has 0 saturated heterocycles. The summed E-state index contributed by atoms with van der Waals surface area (Å²) >= 11 is 0. The predicted molar refractivity (Wildman–Crippen MR) is 241 cm³/mol. The van der Waals surface area contributed by atoms with Gasteiger partial charge in [-0.25, -0.2) is 4.79 Å². The first-order chi connectivity index (χ1) is 30.8. The van der Waals surface area contributed by atoms with Gasteiger partial charge in [-0.15, -0.1) is 0 Å². The molecule has 0 aromatic heterocycles. The number of amides is 6. The fraction of sp³-hybridized carbons (Fsp3) is 0.196. The zero-order chi connectivity index (χ0) is 47.5. The molecule has 0 saturated carbocycles. The van der Waals surface area contributed by atoms with Crippen molar-refractivity contribution in [2.45, 2.75) is 52.0 Å². The Labute approximate surface area is 372 Å². The number of hydrogen-bond acceptors (Lipinski definition) is 12. The van der Waals surface area contributed by atoms with Crippen LogP contribution < -0.4 is 47.5 Å². The van der Waals surface area contributed by atoms with Gasteiger partial charge in [-0.3, -0.25) is 28.8 Å². The van der Waals surface area contributed by atoms with Gasteiger partial charge in [-0.1, -0.05) is 0 Å². The number of primary amides is 1. The van der Waals surface area contributed by atoms with Crippen molar-refractivity contribution in [2.24, 2.45) is 5.73 Å². The van der Waals surface area contributed by atoms with E-state index in [2.05, 4.69) is 26.6 Å². The maximum atomic E-state index is 13.6. The number of nitrogens with one attached hydrogen (secondary N) is 5. The Morgan fingerprint density at radius 3 is 1.62 bits per heavy atom. The van der Waals surface area contributed by atoms with Gasteiger partial charge < -0.3 is 62.5 Å². The zero-order valence-electron chi connectivity index (χ0n) is 35.8. The number of carbonyl (C=O) groups is 7. The van der Waals surface area contributed by atoms with E-state index < -0.39 is 65.4 Å². The third kappa shape index (κ3) is 12.4. The molecule has 0 aliphatic rings. The molecule has 0 aliphatic carbocycles. The lowest BCUT2D eigenvalue weighted by molar-refractivity contribution is -0.134. The average molecular weight is 890 g/mol. The van der Waals surface area contributed by atoms with Gasteiger partial charge in [0, 0.05) is 40.9 Å². The van der Waals surface area contributed by atoms with Crippen LogP contribution in [0.2, 0.25) is 0 Å². The lowest BCUT2D eigenvalue weighted by Crippen LogP contribution is -2.56. The van der Waals surface area contributed by atoms with Gasteiger partial charge in [-0.2, -0.15) is 0 Å². The number of aromatic hydroxyl groups is 1. The van der Waals surface area contributed by atoms with Crippen LogP contribution in [0.5, 0.6) is 17.2 Å². The van der Waals surface area contributed by atoms with E-state index in [-0.39, 0.29) is 56.9 Å². The highest BCUT2D eigenvalue weighted by Crippen LogP contribution is 2.39. The van der Waals surface area contributed by atoms with Crippen LogP contribution in [0.25, 0.3) is 0 Å². The van der Waals surface area contributed by atoms with Crippen molar-refractivity contribution >= 4 is 69.8 Å². The van der Waals surface area contributed by atoms with E-state index in [0.717, 1.165) is 7.11 Å². The fourth-order valence-corrected chi connectivity index (χ4v) is 6.09. The van der Waals surface area contributed by atoms with Crippen molar-refractivity contribution in [1.82, 2.24) is 5.32 Å². The molecule has 0 spiro atoms. The largest absolute Gasteiger partial charge is 0.504 e. The highest BCUT2D eigenvalue weighted by Gasteiger charge is 2.34. The molecule has 19 heteroatoms. The van der Waals surface area contributed by atoms with Gasteiger partial charge >= 0.3 is 5.97 Å². The minimum absolute atomic E-state index is 0.0120. The van der Waals surface area contributed by atoms with Crippen LogP contribution in [0.3, 0.4) is 0 Å². The second kappa shape index (κ2) is 21.1. The molecule has 338 valence electrons. The number of anilines is 5. The summed E-state index contributed by atoms with van der Waals surface area (Å²) in [6, 6.07) is 22.4. The number of benzene rings is 5. The molecule has 65 heavy (non-hydrogen) atoms. The Morgan fingerprint density at radius 2 is 1.08 bits per heavy atom. The number of ether oxygens (including phenoxy) is 3. The van der Waals surface area contributed by atoms with Crippen molar-refractivity contribution < 1.29 is 58.0 Å². The smallest absolute Gasteiger partial charge is 0.335 e. The Balaban J connectivity index is 1.27. The Morgan fingerprint density at radius 1 is 0.585 bits per heavy atom. The number of phenolic OH excluding ortho intramolecular Hbond substituents is 1. The summed E-state index contributed by atoms with van der Waals surface area (Å²) in [5, 5.41) is 33.7. The van der Waals surface area contributed by atoms with E-state index in [9.17, 15) is 43.8 Å². The van der Waals surface area contributed by atoms with E-state index in [1.165, 1.54) is 78.9 Å². The summed E-state index contributed by atoms with van der Waals surface area (Å²) in [6.07, 6.45) is -2.48. The molecule has 0 aliphatic heterocycles. The van der Waals surface area contributed by atoms with Crippen LogP contribution in [-0.4, -0.2) is 83.1 Å². The summed E-state index contributed by atoms with van der Waals surface area (Å²) in [7, 11) is 1.14. The van der Waals surface area contributed by atoms with Crippen LogP contribution in [0.15, 0.2) is 103 Å². The van der Waals surface area contributed by atoms with Crippen LogP contribution in [0.1, 0.15) is 79.5 Å². The third-order valence-electron chi connectivity index (χ3n) is 9.22. The molecule has 0 radical (unpaired) electrons. The predicted octanol–water partition coefficient (Wildman–Crippen LogP) is 5.24. The molecule has 0 fully saturated rings. The van der Waals surface area contributed by atoms with Crippen molar-refractivity contribution in [2.75, 3.05) is 34.1 Å². The molecule has 0 heterocycles. The molecule has 2 atom stereocenters. The van der Waals surface area contributed by atoms with E-state index in [1.807, 2.05) is 0 Å². The monoisotopic (exact) mass is 889 g/mol. The quantitative estimate of drug-likeness (QED) is 0.0509. The maximum Gasteiger partial charge on any atom is 0.335 e. The SMILES string of the molecule is CO[C@@H](C(N)=O)[C@H](NC(=O)c1ccc(NC(=O)c2ccc(N)cc2)cc1)C(=O)Nc1ccc(C(=O)Nc2ccc(C(=O)Nc3ccc(C(=O)O)cc3OC(C)C)c(O)c2OC(C)C)cc1. The van der Waals surface area contributed by atoms with Crippen molar-refractivity contribution in [3.05, 3.63) is 131 Å². The second-order valence-electron chi connectivity index (χ2n) is 14.8. The summed E-state index contributed by atoms with van der Waals surface area (Å²) in [5.74, 6) is -6.47. The number of carboxylic acids is 1. The molecule has 5 aromatic rings. The van der Waals surface area contributed by atoms with E-state index >= 15 is 0 Å². The minimum Gasteiger partial charge on any atom is -0.504 e. The number of rotatable bonds is 18. The van der Waals surface area contributed by atoms with Crippen molar-refractivity contribution in [3.63, 3.8) is 0 Å². The molecule has 19 nitrogen and oxygen atoms in total. The summed E-state index contributed by atoms with van der Waals surface area (Å²) in [5.41, 5.74) is 12.6. The van der Waals surface area contributed by atoms with Crippen LogP contribution >= 0.6 is 0 Å². The van der Waals surface area contributed by atoms with Gasteiger partial charge in [0.2, 0.25) is 11.8 Å². The van der Waals surface area contributed by atoms with E-state index in [1.54, 1.807) is 52.0 Å². The van der Waals surface area contributed by atoms with Crippen molar-refractivity contribution in [3.8, 4) is 17.2 Å². The highest BCUT2D eigenvalue weighted by molar-refractivity contribution is 6.10. The van der Waals surface area contributed by atoms with Crippen molar-refractivity contribution in [1.29, 1.82) is 0 Å². The molecule has 0 bridgehead atoms. The zero-order valence-corrected chi connectivity index (χ0v) is 35.8. The molecule has 5 aromatic carbocycles. The summed E-state index contributed by atoms with van der Waals surface area (Å²) in [6.45, 7) is 6.79. The number of nitrogens with two attached hydrogens (primary N) is 2. The van der Waals surface area contributed by atoms with Gasteiger partial charge in [0.15, 0.2) is 17.6 Å². The van der Waals surface area contributed by atoms with E-state index in [0.29, 0.717) is 16.9 Å². The number of nitrogen functional groups attached to an aromatic ring is 1. The van der Waals surface area contributed by atoms with E-state index in [4.69, 9.17) is 25.7 Å². The third-order valence-corrected chi connectivity index (χ3v) is 9.22. The Kier molecular flexibility index (Phi) is 15.4. The first kappa shape index (κ1) is 47.6. The molecular weight excluding hydrogens is 843 g/mol. The lowest BCUT2D eigenvalue weighted by atomic mass is 10.1. The lowest BCUT2D eigenvalue weighted by Gasteiger charge is -2.24. The maximum absolute atomic E-state index is 13.6. The van der Waals surface area contributed by atoms with Crippen LogP contribution in [0.4, 0.5) is 28.4 Å². The second-order valence-corrected chi connectivity index (χ2v) is 14.8. The highest BCUT2D eigenvalue weighted by atomic mass is 16.5. The summed E-state index contributed by atoms with van der Waals surface area (Å²) < 4.78 is 16.7. The average Bonchev–Trinajstić information content (AvgIpc) is 3.25. The fourth-order valence-electron chi connectivity index (χ4n) is 6.09. The number of carboxylic acid groups (broad SMARTS) is 1. The number of carbonyl (C=O) groups excluding carboxylic acids is 6. The van der Waals surface area contributed by atoms with Crippen LogP contribution in [0, 0.1) is 0 Å². The topological polar surface area (TPSA) is 300 Å². The minimum atomic E-state index is -1.62. The molecular formula is C46H47N7O12. The van der Waals surface area contributed by atoms with Gasteiger partial charge in [0.05, 0.1) is 34.7 Å². The Bertz CT molecular complexity index is 2600. The molecule has 11 N–H and O–H groups in total.